The fraction of sp³-hybridized carbons (Fsp3) is 0.562. The molecule has 0 bridgehead atoms. The summed E-state index contributed by atoms with van der Waals surface area (Å²) in [5.41, 5.74) is -0.289. The largest absolute Gasteiger partial charge is 0.396 e. The zero-order valence-corrected chi connectivity index (χ0v) is 12.5. The smallest absolute Gasteiger partial charge is 0.227 e. The van der Waals surface area contributed by atoms with Gasteiger partial charge in [0.05, 0.1) is 6.42 Å². The molecule has 1 fully saturated rings. The summed E-state index contributed by atoms with van der Waals surface area (Å²) in [5.74, 6) is -3.65. The van der Waals surface area contributed by atoms with E-state index in [9.17, 15) is 23.1 Å². The Morgan fingerprint density at radius 3 is 2.32 bits per heavy atom. The zero-order valence-electron chi connectivity index (χ0n) is 12.5. The van der Waals surface area contributed by atoms with Gasteiger partial charge in [0.2, 0.25) is 5.91 Å². The normalized spacial score (nSPS) is 17.6. The van der Waals surface area contributed by atoms with Gasteiger partial charge in [-0.2, -0.15) is 0 Å². The molecule has 122 valence electrons. The molecule has 1 amide bonds. The first-order chi connectivity index (χ1) is 10.4. The van der Waals surface area contributed by atoms with Crippen molar-refractivity contribution in [3.8, 4) is 0 Å². The molecule has 0 radical (unpaired) electrons. The maximum Gasteiger partial charge on any atom is 0.227 e. The van der Waals surface area contributed by atoms with Crippen LogP contribution in [0.25, 0.3) is 0 Å². The first-order valence-electron chi connectivity index (χ1n) is 7.43. The summed E-state index contributed by atoms with van der Waals surface area (Å²) >= 11 is 0. The van der Waals surface area contributed by atoms with E-state index in [4.69, 9.17) is 0 Å². The number of benzene rings is 1. The predicted molar refractivity (Wildman–Crippen MR) is 75.6 cm³/mol. The Morgan fingerprint density at radius 2 is 1.77 bits per heavy atom. The zero-order chi connectivity index (χ0) is 16.3. The van der Waals surface area contributed by atoms with Crippen LogP contribution in [0.5, 0.6) is 0 Å². The van der Waals surface area contributed by atoms with Crippen molar-refractivity contribution in [2.75, 3.05) is 19.7 Å². The summed E-state index contributed by atoms with van der Waals surface area (Å²) in [6, 6.07) is 1.19. The number of likely N-dealkylation sites (tertiary alicyclic amines) is 1. The van der Waals surface area contributed by atoms with Crippen LogP contribution in [0.4, 0.5) is 13.2 Å². The Bertz CT molecular complexity index is 549. The van der Waals surface area contributed by atoms with Crippen LogP contribution in [0.15, 0.2) is 12.1 Å². The van der Waals surface area contributed by atoms with E-state index in [0.717, 1.165) is 12.5 Å². The number of hydrogen-bond donors (Lipinski definition) is 1. The summed E-state index contributed by atoms with van der Waals surface area (Å²) in [5, 5.41) is 9.46. The molecule has 0 aromatic heterocycles. The number of halogens is 3. The third kappa shape index (κ3) is 3.43. The van der Waals surface area contributed by atoms with Crippen molar-refractivity contribution in [3.05, 3.63) is 35.1 Å². The van der Waals surface area contributed by atoms with Gasteiger partial charge in [-0.25, -0.2) is 13.2 Å². The molecule has 0 aliphatic carbocycles. The molecule has 0 saturated carbocycles. The van der Waals surface area contributed by atoms with E-state index in [2.05, 4.69) is 0 Å². The average Bonchev–Trinajstić information content (AvgIpc) is 2.52. The minimum atomic E-state index is -1.26. The lowest BCUT2D eigenvalue weighted by molar-refractivity contribution is -0.133. The van der Waals surface area contributed by atoms with Gasteiger partial charge in [0.15, 0.2) is 11.6 Å². The molecule has 0 unspecified atom stereocenters. The van der Waals surface area contributed by atoms with Crippen molar-refractivity contribution < 1.29 is 23.1 Å². The van der Waals surface area contributed by atoms with Gasteiger partial charge in [-0.3, -0.25) is 4.79 Å². The standard InChI is InChI=1S/C16H20F3NO2/c1-2-16(10-21)3-5-20(6-4-16)15(22)8-11-7-13(18)14(19)9-12(11)17/h7,9,21H,2-6,8,10H2,1H3. The Hall–Kier alpha value is -1.56. The molecule has 2 rings (SSSR count). The molecular weight excluding hydrogens is 295 g/mol. The number of carbonyl (C=O) groups excluding carboxylic acids is 1. The topological polar surface area (TPSA) is 40.5 Å². The van der Waals surface area contributed by atoms with Gasteiger partial charge in [0.25, 0.3) is 0 Å². The SMILES string of the molecule is CCC1(CO)CCN(C(=O)Cc2cc(F)c(F)cc2F)CC1. The van der Waals surface area contributed by atoms with Gasteiger partial charge in [-0.05, 0) is 30.7 Å². The summed E-state index contributed by atoms with van der Waals surface area (Å²) in [4.78, 5) is 13.8. The highest BCUT2D eigenvalue weighted by molar-refractivity contribution is 5.79. The predicted octanol–water partition coefficient (Wildman–Crippen LogP) is 2.66. The molecule has 6 heteroatoms. The lowest BCUT2D eigenvalue weighted by Gasteiger charge is -2.40. The van der Waals surface area contributed by atoms with Gasteiger partial charge in [0.1, 0.15) is 5.82 Å². The number of aliphatic hydroxyl groups excluding tert-OH is 1. The highest BCUT2D eigenvalue weighted by Gasteiger charge is 2.33. The molecule has 1 heterocycles. The van der Waals surface area contributed by atoms with Crippen molar-refractivity contribution >= 4 is 5.91 Å². The van der Waals surface area contributed by atoms with Crippen LogP contribution in [-0.4, -0.2) is 35.6 Å². The van der Waals surface area contributed by atoms with Crippen molar-refractivity contribution in [2.45, 2.75) is 32.6 Å². The van der Waals surface area contributed by atoms with Gasteiger partial charge in [0, 0.05) is 31.3 Å². The molecular formula is C16H20F3NO2. The van der Waals surface area contributed by atoms with Crippen LogP contribution in [0.2, 0.25) is 0 Å². The summed E-state index contributed by atoms with van der Waals surface area (Å²) in [6.07, 6.45) is 1.92. The maximum atomic E-state index is 13.6. The highest BCUT2D eigenvalue weighted by atomic mass is 19.2. The second-order valence-electron chi connectivity index (χ2n) is 5.93. The van der Waals surface area contributed by atoms with E-state index in [-0.39, 0.29) is 29.9 Å². The van der Waals surface area contributed by atoms with Crippen molar-refractivity contribution in [1.82, 2.24) is 4.90 Å². The second-order valence-corrected chi connectivity index (χ2v) is 5.93. The van der Waals surface area contributed by atoms with Crippen molar-refractivity contribution in [3.63, 3.8) is 0 Å². The average molecular weight is 315 g/mol. The van der Waals surface area contributed by atoms with E-state index in [1.807, 2.05) is 6.92 Å². The number of rotatable bonds is 4. The molecule has 1 aliphatic rings. The third-order valence-electron chi connectivity index (χ3n) is 4.69. The number of nitrogens with zero attached hydrogens (tertiary/aromatic N) is 1. The Balaban J connectivity index is 2.01. The fourth-order valence-electron chi connectivity index (χ4n) is 2.83. The summed E-state index contributed by atoms with van der Waals surface area (Å²) in [6.45, 7) is 3.06. The number of carbonyl (C=O) groups is 1. The Labute approximate surface area is 127 Å². The maximum absolute atomic E-state index is 13.6. The highest BCUT2D eigenvalue weighted by Crippen LogP contribution is 2.34. The van der Waals surface area contributed by atoms with E-state index < -0.39 is 17.5 Å². The van der Waals surface area contributed by atoms with Gasteiger partial charge in [-0.1, -0.05) is 6.92 Å². The van der Waals surface area contributed by atoms with Crippen LogP contribution < -0.4 is 0 Å². The van der Waals surface area contributed by atoms with Gasteiger partial charge >= 0.3 is 0 Å². The minimum absolute atomic E-state index is 0.0866. The van der Waals surface area contributed by atoms with E-state index in [1.54, 1.807) is 4.90 Å². The van der Waals surface area contributed by atoms with Crippen LogP contribution in [0.3, 0.4) is 0 Å². The van der Waals surface area contributed by atoms with Crippen LogP contribution in [-0.2, 0) is 11.2 Å². The van der Waals surface area contributed by atoms with Crippen LogP contribution in [0, 0.1) is 22.9 Å². The van der Waals surface area contributed by atoms with Gasteiger partial charge < -0.3 is 10.0 Å². The van der Waals surface area contributed by atoms with E-state index in [1.165, 1.54) is 0 Å². The summed E-state index contributed by atoms with van der Waals surface area (Å²) < 4.78 is 39.6. The molecule has 1 saturated heterocycles. The molecule has 1 N–H and O–H groups in total. The second kappa shape index (κ2) is 6.69. The fourth-order valence-corrected chi connectivity index (χ4v) is 2.83. The van der Waals surface area contributed by atoms with E-state index >= 15 is 0 Å². The number of hydrogen-bond acceptors (Lipinski definition) is 2. The van der Waals surface area contributed by atoms with Gasteiger partial charge in [-0.15, -0.1) is 0 Å². The quantitative estimate of drug-likeness (QED) is 0.868. The molecule has 1 aromatic rings. The first-order valence-corrected chi connectivity index (χ1v) is 7.43. The van der Waals surface area contributed by atoms with Crippen LogP contribution >= 0.6 is 0 Å². The lowest BCUT2D eigenvalue weighted by Crippen LogP contribution is -2.45. The Kier molecular flexibility index (Phi) is 5.11. The molecule has 22 heavy (non-hydrogen) atoms. The molecule has 3 nitrogen and oxygen atoms in total. The lowest BCUT2D eigenvalue weighted by atomic mass is 9.77. The molecule has 1 aromatic carbocycles. The number of aliphatic hydroxyl groups is 1. The Morgan fingerprint density at radius 1 is 1.18 bits per heavy atom. The van der Waals surface area contributed by atoms with Crippen LogP contribution in [0.1, 0.15) is 31.7 Å². The monoisotopic (exact) mass is 315 g/mol. The van der Waals surface area contributed by atoms with Crippen molar-refractivity contribution in [1.29, 1.82) is 0 Å². The van der Waals surface area contributed by atoms with Crippen molar-refractivity contribution in [2.24, 2.45) is 5.41 Å². The van der Waals surface area contributed by atoms with E-state index in [0.29, 0.717) is 32.0 Å². The number of amides is 1. The molecule has 1 aliphatic heterocycles. The molecule has 0 atom stereocenters. The number of piperidine rings is 1. The minimum Gasteiger partial charge on any atom is -0.396 e. The first kappa shape index (κ1) is 16.8. The summed E-state index contributed by atoms with van der Waals surface area (Å²) in [7, 11) is 0. The third-order valence-corrected chi connectivity index (χ3v) is 4.69. The molecule has 0 spiro atoms.